The van der Waals surface area contributed by atoms with Crippen LogP contribution in [0.3, 0.4) is 0 Å². The van der Waals surface area contributed by atoms with E-state index in [9.17, 15) is 4.79 Å². The van der Waals surface area contributed by atoms with Crippen molar-refractivity contribution >= 4 is 33.5 Å². The van der Waals surface area contributed by atoms with Crippen molar-refractivity contribution in [2.45, 2.75) is 6.61 Å². The third-order valence-electron chi connectivity index (χ3n) is 2.36. The standard InChI is InChI=1S/C14H10BrClO2/c15-12-5-3-11(4-6-12)14(17)18-9-10-1-7-13(16)8-2-10/h1-8H,9H2. The molecule has 0 atom stereocenters. The van der Waals surface area contributed by atoms with Crippen molar-refractivity contribution in [3.63, 3.8) is 0 Å². The number of ether oxygens (including phenoxy) is 1. The van der Waals surface area contributed by atoms with Crippen LogP contribution in [0.2, 0.25) is 5.02 Å². The lowest BCUT2D eigenvalue weighted by atomic mass is 10.2. The van der Waals surface area contributed by atoms with E-state index >= 15 is 0 Å². The van der Waals surface area contributed by atoms with Crippen LogP contribution in [-0.4, -0.2) is 5.97 Å². The molecule has 0 saturated heterocycles. The van der Waals surface area contributed by atoms with Crippen LogP contribution >= 0.6 is 27.5 Å². The summed E-state index contributed by atoms with van der Waals surface area (Å²) in [5.74, 6) is -0.336. The first-order valence-corrected chi connectivity index (χ1v) is 6.49. The van der Waals surface area contributed by atoms with E-state index in [1.54, 1.807) is 36.4 Å². The van der Waals surface area contributed by atoms with E-state index in [2.05, 4.69) is 15.9 Å². The van der Waals surface area contributed by atoms with Crippen LogP contribution in [0.1, 0.15) is 15.9 Å². The molecule has 2 rings (SSSR count). The van der Waals surface area contributed by atoms with Gasteiger partial charge >= 0.3 is 5.97 Å². The predicted octanol–water partition coefficient (Wildman–Crippen LogP) is 4.46. The Bertz CT molecular complexity index is 535. The lowest BCUT2D eigenvalue weighted by Crippen LogP contribution is -2.04. The van der Waals surface area contributed by atoms with Gasteiger partial charge in [0.15, 0.2) is 0 Å². The molecule has 2 aromatic carbocycles. The Hall–Kier alpha value is -1.32. The SMILES string of the molecule is O=C(OCc1ccc(Cl)cc1)c1ccc(Br)cc1. The first-order valence-electron chi connectivity index (χ1n) is 5.32. The molecule has 0 unspecified atom stereocenters. The quantitative estimate of drug-likeness (QED) is 0.779. The maximum Gasteiger partial charge on any atom is 0.338 e. The average Bonchev–Trinajstić information content (AvgIpc) is 2.38. The molecule has 0 N–H and O–H groups in total. The molecule has 0 saturated carbocycles. The zero-order chi connectivity index (χ0) is 13.0. The van der Waals surface area contributed by atoms with E-state index in [0.29, 0.717) is 10.6 Å². The second-order valence-electron chi connectivity index (χ2n) is 3.71. The molecule has 2 nitrogen and oxygen atoms in total. The number of halogens is 2. The topological polar surface area (TPSA) is 26.3 Å². The summed E-state index contributed by atoms with van der Waals surface area (Å²) in [5.41, 5.74) is 1.44. The number of benzene rings is 2. The number of rotatable bonds is 3. The average molecular weight is 326 g/mol. The van der Waals surface area contributed by atoms with E-state index in [4.69, 9.17) is 16.3 Å². The highest BCUT2D eigenvalue weighted by molar-refractivity contribution is 9.10. The molecule has 0 aliphatic carbocycles. The molecule has 0 bridgehead atoms. The lowest BCUT2D eigenvalue weighted by molar-refractivity contribution is 0.0472. The summed E-state index contributed by atoms with van der Waals surface area (Å²) in [4.78, 5) is 11.7. The van der Waals surface area contributed by atoms with Gasteiger partial charge in [0.05, 0.1) is 5.56 Å². The minimum Gasteiger partial charge on any atom is -0.457 e. The highest BCUT2D eigenvalue weighted by Crippen LogP contribution is 2.13. The molecular formula is C14H10BrClO2. The van der Waals surface area contributed by atoms with Gasteiger partial charge in [-0.15, -0.1) is 0 Å². The van der Waals surface area contributed by atoms with E-state index in [1.165, 1.54) is 0 Å². The lowest BCUT2D eigenvalue weighted by Gasteiger charge is -2.05. The van der Waals surface area contributed by atoms with E-state index in [0.717, 1.165) is 10.0 Å². The summed E-state index contributed by atoms with van der Waals surface area (Å²) in [7, 11) is 0. The number of hydrogen-bond donors (Lipinski definition) is 0. The van der Waals surface area contributed by atoms with Crippen LogP contribution < -0.4 is 0 Å². The van der Waals surface area contributed by atoms with Crippen LogP contribution in [0.5, 0.6) is 0 Å². The predicted molar refractivity (Wildman–Crippen MR) is 74.7 cm³/mol. The van der Waals surface area contributed by atoms with E-state index in [1.807, 2.05) is 12.1 Å². The molecule has 92 valence electrons. The molecule has 0 aliphatic rings. The number of hydrogen-bond acceptors (Lipinski definition) is 2. The van der Waals surface area contributed by atoms with Gasteiger partial charge < -0.3 is 4.74 Å². The Kier molecular flexibility index (Phi) is 4.39. The van der Waals surface area contributed by atoms with Gasteiger partial charge in [0.25, 0.3) is 0 Å². The van der Waals surface area contributed by atoms with Gasteiger partial charge in [-0.3, -0.25) is 0 Å². The molecule has 0 fully saturated rings. The normalized spacial score (nSPS) is 10.1. The molecule has 0 aliphatic heterocycles. The fourth-order valence-corrected chi connectivity index (χ4v) is 1.79. The summed E-state index contributed by atoms with van der Waals surface area (Å²) in [6.07, 6.45) is 0. The zero-order valence-corrected chi connectivity index (χ0v) is 11.7. The smallest absolute Gasteiger partial charge is 0.338 e. The van der Waals surface area contributed by atoms with Gasteiger partial charge in [-0.05, 0) is 42.0 Å². The molecule has 0 heterocycles. The Morgan fingerprint density at radius 2 is 1.67 bits per heavy atom. The Balaban J connectivity index is 1.96. The Morgan fingerprint density at radius 1 is 1.06 bits per heavy atom. The second kappa shape index (κ2) is 6.03. The van der Waals surface area contributed by atoms with Crippen LogP contribution in [-0.2, 0) is 11.3 Å². The highest BCUT2D eigenvalue weighted by atomic mass is 79.9. The van der Waals surface area contributed by atoms with Gasteiger partial charge in [-0.2, -0.15) is 0 Å². The van der Waals surface area contributed by atoms with Crippen LogP contribution in [0, 0.1) is 0 Å². The van der Waals surface area contributed by atoms with E-state index in [-0.39, 0.29) is 12.6 Å². The zero-order valence-electron chi connectivity index (χ0n) is 9.40. The number of carbonyl (C=O) groups is 1. The largest absolute Gasteiger partial charge is 0.457 e. The molecule has 18 heavy (non-hydrogen) atoms. The third-order valence-corrected chi connectivity index (χ3v) is 3.14. The first kappa shape index (κ1) is 13.1. The van der Waals surface area contributed by atoms with Crippen LogP contribution in [0.4, 0.5) is 0 Å². The number of esters is 1. The molecule has 0 radical (unpaired) electrons. The van der Waals surface area contributed by atoms with Crippen molar-refractivity contribution in [3.05, 3.63) is 69.2 Å². The van der Waals surface area contributed by atoms with Crippen molar-refractivity contribution < 1.29 is 9.53 Å². The van der Waals surface area contributed by atoms with Crippen molar-refractivity contribution in [1.29, 1.82) is 0 Å². The van der Waals surface area contributed by atoms with Crippen LogP contribution in [0.15, 0.2) is 53.0 Å². The number of carbonyl (C=O) groups excluding carboxylic acids is 1. The van der Waals surface area contributed by atoms with Crippen molar-refractivity contribution in [2.24, 2.45) is 0 Å². The maximum atomic E-state index is 11.7. The third kappa shape index (κ3) is 3.59. The molecule has 4 heteroatoms. The molecular weight excluding hydrogens is 316 g/mol. The molecule has 2 aromatic rings. The van der Waals surface area contributed by atoms with Gasteiger partial charge in [-0.25, -0.2) is 4.79 Å². The van der Waals surface area contributed by atoms with Crippen molar-refractivity contribution in [2.75, 3.05) is 0 Å². The summed E-state index contributed by atoms with van der Waals surface area (Å²) < 4.78 is 6.12. The summed E-state index contributed by atoms with van der Waals surface area (Å²) in [5, 5.41) is 0.665. The summed E-state index contributed by atoms with van der Waals surface area (Å²) in [6.45, 7) is 0.242. The van der Waals surface area contributed by atoms with Gasteiger partial charge in [-0.1, -0.05) is 39.7 Å². The molecule has 0 aromatic heterocycles. The van der Waals surface area contributed by atoms with Crippen molar-refractivity contribution in [1.82, 2.24) is 0 Å². The summed E-state index contributed by atoms with van der Waals surface area (Å²) in [6, 6.07) is 14.2. The minimum absolute atomic E-state index is 0.242. The fraction of sp³-hybridized carbons (Fsp3) is 0.0714. The highest BCUT2D eigenvalue weighted by Gasteiger charge is 2.06. The van der Waals surface area contributed by atoms with Crippen molar-refractivity contribution in [3.8, 4) is 0 Å². The fourth-order valence-electron chi connectivity index (χ4n) is 1.40. The first-order chi connectivity index (χ1) is 8.65. The minimum atomic E-state index is -0.336. The van der Waals surface area contributed by atoms with Gasteiger partial charge in [0, 0.05) is 9.50 Å². The monoisotopic (exact) mass is 324 g/mol. The van der Waals surface area contributed by atoms with Crippen LogP contribution in [0.25, 0.3) is 0 Å². The molecule has 0 amide bonds. The second-order valence-corrected chi connectivity index (χ2v) is 5.06. The maximum absolute atomic E-state index is 11.7. The Labute approximate surface area is 119 Å². The summed E-state index contributed by atoms with van der Waals surface area (Å²) >= 11 is 9.09. The molecule has 0 spiro atoms. The van der Waals surface area contributed by atoms with Gasteiger partial charge in [0.2, 0.25) is 0 Å². The Morgan fingerprint density at radius 3 is 2.28 bits per heavy atom. The van der Waals surface area contributed by atoms with Gasteiger partial charge in [0.1, 0.15) is 6.61 Å². The van der Waals surface area contributed by atoms with E-state index < -0.39 is 0 Å².